The van der Waals surface area contributed by atoms with Crippen LogP contribution in [0.25, 0.3) is 0 Å². The van der Waals surface area contributed by atoms with E-state index in [0.29, 0.717) is 39.3 Å². The maximum atomic E-state index is 12.3. The van der Waals surface area contributed by atoms with Crippen LogP contribution in [0, 0.1) is 0 Å². The normalized spacial score (nSPS) is 10.6. The summed E-state index contributed by atoms with van der Waals surface area (Å²) in [6, 6.07) is -0.207. The quantitative estimate of drug-likeness (QED) is 0.293. The number of hydrogen-bond acceptors (Lipinski definition) is 6. The van der Waals surface area contributed by atoms with Crippen LogP contribution < -0.4 is 0 Å². The van der Waals surface area contributed by atoms with Gasteiger partial charge in [-0.15, -0.1) is 0 Å². The zero-order valence-corrected chi connectivity index (χ0v) is 20.5. The number of amides is 4. The molecule has 0 heterocycles. The van der Waals surface area contributed by atoms with Crippen LogP contribution in [0.3, 0.4) is 0 Å². The predicted octanol–water partition coefficient (Wildman–Crippen LogP) is 2.20. The third kappa shape index (κ3) is 10.5. The van der Waals surface area contributed by atoms with Gasteiger partial charge >= 0.3 is 24.0 Å². The first-order valence-corrected chi connectivity index (χ1v) is 11.4. The van der Waals surface area contributed by atoms with Crippen molar-refractivity contribution in [2.75, 3.05) is 65.6 Å². The van der Waals surface area contributed by atoms with Crippen molar-refractivity contribution in [2.45, 2.75) is 41.5 Å². The van der Waals surface area contributed by atoms with Crippen molar-refractivity contribution in [1.29, 1.82) is 0 Å². The molecule has 0 fully saturated rings. The highest BCUT2D eigenvalue weighted by Crippen LogP contribution is 2.01. The Morgan fingerprint density at radius 3 is 1.06 bits per heavy atom. The number of nitrogens with zero attached hydrogens (tertiary/aromatic N) is 4. The van der Waals surface area contributed by atoms with Crippen LogP contribution in [0.2, 0.25) is 0 Å². The topological polar surface area (TPSA) is 99.7 Å². The Hall–Kier alpha value is -2.78. The first-order valence-electron chi connectivity index (χ1n) is 11.4. The second-order valence-corrected chi connectivity index (χ2v) is 6.74. The number of carbonyl (C=O) groups excluding carboxylic acids is 4. The summed E-state index contributed by atoms with van der Waals surface area (Å²) in [4.78, 5) is 54.8. The average molecular weight is 457 g/mol. The number of carbonyl (C=O) groups is 4. The van der Waals surface area contributed by atoms with Gasteiger partial charge in [-0.3, -0.25) is 0 Å². The molecule has 0 saturated carbocycles. The summed E-state index contributed by atoms with van der Waals surface area (Å²) in [7, 11) is 0. The molecule has 0 bridgehead atoms. The lowest BCUT2D eigenvalue weighted by Gasteiger charge is -2.28. The van der Waals surface area contributed by atoms with E-state index in [1.807, 2.05) is 41.5 Å². The van der Waals surface area contributed by atoms with Gasteiger partial charge in [0.15, 0.2) is 0 Å². The molecule has 0 aliphatic carbocycles. The average Bonchev–Trinajstić information content (AvgIpc) is 2.79. The summed E-state index contributed by atoms with van der Waals surface area (Å²) in [5, 5.41) is 0. The molecule has 0 saturated heterocycles. The third-order valence-corrected chi connectivity index (χ3v) is 4.94. The van der Waals surface area contributed by atoms with Crippen LogP contribution in [0.1, 0.15) is 41.5 Å². The zero-order chi connectivity index (χ0) is 24.5. The van der Waals surface area contributed by atoms with E-state index >= 15 is 0 Å². The number of urea groups is 2. The largest absolute Gasteiger partial charge is 0.461 e. The summed E-state index contributed by atoms with van der Waals surface area (Å²) in [6.45, 7) is 15.3. The molecule has 0 N–H and O–H groups in total. The Kier molecular flexibility index (Phi) is 15.4. The lowest BCUT2D eigenvalue weighted by atomic mass is 10.4. The van der Waals surface area contributed by atoms with Gasteiger partial charge in [0, 0.05) is 51.4 Å². The van der Waals surface area contributed by atoms with Gasteiger partial charge in [0.1, 0.15) is 13.2 Å². The second kappa shape index (κ2) is 16.9. The minimum atomic E-state index is -0.694. The maximum Gasteiger partial charge on any atom is 0.331 e. The van der Waals surface area contributed by atoms with Crippen molar-refractivity contribution < 1.29 is 28.7 Å². The van der Waals surface area contributed by atoms with Gasteiger partial charge in [-0.05, 0) is 41.5 Å². The summed E-state index contributed by atoms with van der Waals surface area (Å²) in [5.74, 6) is -1.39. The Balaban J connectivity index is 4.38. The Morgan fingerprint density at radius 2 is 0.812 bits per heavy atom. The highest BCUT2D eigenvalue weighted by atomic mass is 16.5. The van der Waals surface area contributed by atoms with Crippen molar-refractivity contribution in [1.82, 2.24) is 19.6 Å². The van der Waals surface area contributed by atoms with Crippen LogP contribution in [0.4, 0.5) is 9.59 Å². The van der Waals surface area contributed by atoms with Crippen LogP contribution >= 0.6 is 0 Å². The third-order valence-electron chi connectivity index (χ3n) is 4.94. The molecule has 0 unspecified atom stereocenters. The van der Waals surface area contributed by atoms with Crippen LogP contribution in [-0.2, 0) is 19.1 Å². The fourth-order valence-electron chi connectivity index (χ4n) is 2.91. The molecule has 0 atom stereocenters. The van der Waals surface area contributed by atoms with Crippen molar-refractivity contribution in [3.05, 3.63) is 12.2 Å². The molecule has 0 aliphatic heterocycles. The first-order chi connectivity index (χ1) is 15.3. The van der Waals surface area contributed by atoms with E-state index in [4.69, 9.17) is 9.47 Å². The van der Waals surface area contributed by atoms with Crippen molar-refractivity contribution >= 4 is 24.0 Å². The molecule has 10 heteroatoms. The Bertz CT molecular complexity index is 566. The van der Waals surface area contributed by atoms with E-state index in [-0.39, 0.29) is 38.4 Å². The van der Waals surface area contributed by atoms with Gasteiger partial charge in [-0.2, -0.15) is 0 Å². The Labute approximate surface area is 192 Å². The van der Waals surface area contributed by atoms with E-state index in [1.165, 1.54) is 0 Å². The van der Waals surface area contributed by atoms with Crippen molar-refractivity contribution in [3.8, 4) is 0 Å². The number of likely N-dealkylation sites (N-methyl/N-ethyl adjacent to an activating group) is 2. The second-order valence-electron chi connectivity index (χ2n) is 6.74. The number of rotatable bonds is 14. The predicted molar refractivity (Wildman–Crippen MR) is 122 cm³/mol. The fraction of sp³-hybridized carbons (Fsp3) is 0.727. The zero-order valence-electron chi connectivity index (χ0n) is 20.5. The number of hydrogen-bond donors (Lipinski definition) is 0. The minimum absolute atomic E-state index is 0.0258. The molecular formula is C22H40N4O6. The molecule has 0 aromatic rings. The van der Waals surface area contributed by atoms with Crippen LogP contribution in [0.5, 0.6) is 0 Å². The molecule has 4 amide bonds. The molecule has 10 nitrogen and oxygen atoms in total. The minimum Gasteiger partial charge on any atom is -0.461 e. The molecule has 0 aromatic carbocycles. The highest BCUT2D eigenvalue weighted by Gasteiger charge is 2.18. The lowest BCUT2D eigenvalue weighted by Crippen LogP contribution is -2.44. The van der Waals surface area contributed by atoms with Crippen LogP contribution in [-0.4, -0.2) is 109 Å². The van der Waals surface area contributed by atoms with E-state index in [2.05, 4.69) is 0 Å². The van der Waals surface area contributed by atoms with Crippen LogP contribution in [0.15, 0.2) is 12.2 Å². The summed E-state index contributed by atoms with van der Waals surface area (Å²) < 4.78 is 10.1. The molecule has 0 spiro atoms. The van der Waals surface area contributed by atoms with E-state index < -0.39 is 11.9 Å². The molecule has 0 rings (SSSR count). The fourth-order valence-corrected chi connectivity index (χ4v) is 2.91. The molecule has 32 heavy (non-hydrogen) atoms. The molecule has 184 valence electrons. The monoisotopic (exact) mass is 456 g/mol. The smallest absolute Gasteiger partial charge is 0.331 e. The number of ether oxygens (including phenoxy) is 2. The van der Waals surface area contributed by atoms with Crippen molar-refractivity contribution in [3.63, 3.8) is 0 Å². The highest BCUT2D eigenvalue weighted by molar-refractivity contribution is 5.91. The van der Waals surface area contributed by atoms with E-state index in [1.54, 1.807) is 19.6 Å². The van der Waals surface area contributed by atoms with Gasteiger partial charge in [0.2, 0.25) is 0 Å². The summed E-state index contributed by atoms with van der Waals surface area (Å²) in [6.07, 6.45) is 1.98. The number of esters is 2. The summed E-state index contributed by atoms with van der Waals surface area (Å²) >= 11 is 0. The molecule has 0 aromatic heterocycles. The summed E-state index contributed by atoms with van der Waals surface area (Å²) in [5.41, 5.74) is 0. The molecule has 0 radical (unpaired) electrons. The van der Waals surface area contributed by atoms with Gasteiger partial charge in [-0.25, -0.2) is 19.2 Å². The van der Waals surface area contributed by atoms with Gasteiger partial charge in [-0.1, -0.05) is 0 Å². The van der Waals surface area contributed by atoms with Gasteiger partial charge in [0.25, 0.3) is 0 Å². The lowest BCUT2D eigenvalue weighted by molar-refractivity contribution is -0.140. The van der Waals surface area contributed by atoms with Crippen molar-refractivity contribution in [2.24, 2.45) is 0 Å². The SMILES string of the molecule is CCN(CC)C(=O)N(CC)CCOC(=O)/C=C/C(=O)OCCN(CC)C(=O)N(CC)CC. The molecule has 0 aliphatic rings. The van der Waals surface area contributed by atoms with E-state index in [0.717, 1.165) is 12.2 Å². The van der Waals surface area contributed by atoms with E-state index in [9.17, 15) is 19.2 Å². The van der Waals surface area contributed by atoms with Gasteiger partial charge in [0.05, 0.1) is 13.1 Å². The van der Waals surface area contributed by atoms with Gasteiger partial charge < -0.3 is 29.1 Å². The first kappa shape index (κ1) is 29.2. The maximum absolute atomic E-state index is 12.3. The standard InChI is InChI=1S/C22H40N4O6/c1-7-23(8-2)21(29)25(11-5)15-17-31-19(27)13-14-20(28)32-18-16-26(12-6)22(30)24(9-3)10-4/h13-14H,7-12,15-18H2,1-6H3/b14-13+. The Morgan fingerprint density at radius 1 is 0.531 bits per heavy atom. The molecular weight excluding hydrogens is 416 g/mol.